The van der Waals surface area contributed by atoms with Crippen molar-refractivity contribution in [2.45, 2.75) is 43.9 Å². The van der Waals surface area contributed by atoms with Crippen LogP contribution in [0.5, 0.6) is 0 Å². The number of rotatable bonds is 4. The SMILES string of the molecule is CCn1cc(F)c([S@@](N)(=O)=NC(=O)Nc2c3c(nc(C(F)(F)F)c2-c2ccccc2)CCC3)n1. The Balaban J connectivity index is 1.85. The summed E-state index contributed by atoms with van der Waals surface area (Å²) in [5.41, 5.74) is -0.805. The Kier molecular flexibility index (Phi) is 6.16. The number of anilines is 1. The van der Waals surface area contributed by atoms with Crippen molar-refractivity contribution in [2.24, 2.45) is 9.50 Å². The van der Waals surface area contributed by atoms with Crippen molar-refractivity contribution in [1.29, 1.82) is 0 Å². The molecule has 0 saturated carbocycles. The number of benzene rings is 1. The zero-order valence-corrected chi connectivity index (χ0v) is 18.7. The smallest absolute Gasteiger partial charge is 0.304 e. The van der Waals surface area contributed by atoms with Crippen molar-refractivity contribution in [3.8, 4) is 11.1 Å². The van der Waals surface area contributed by atoms with E-state index in [1.807, 2.05) is 0 Å². The molecule has 2 heterocycles. The Morgan fingerprint density at radius 3 is 2.59 bits per heavy atom. The highest BCUT2D eigenvalue weighted by atomic mass is 32.2. The summed E-state index contributed by atoms with van der Waals surface area (Å²) in [6, 6.07) is 6.37. The summed E-state index contributed by atoms with van der Waals surface area (Å²) in [4.78, 5) is 16.6. The number of nitrogens with one attached hydrogen (secondary N) is 1. The first-order valence-corrected chi connectivity index (χ1v) is 11.9. The van der Waals surface area contributed by atoms with Crippen LogP contribution >= 0.6 is 0 Å². The summed E-state index contributed by atoms with van der Waals surface area (Å²) in [7, 11) is -4.11. The highest BCUT2D eigenvalue weighted by Crippen LogP contribution is 2.44. The first kappa shape index (κ1) is 23.8. The topological polar surface area (TPSA) is 115 Å². The summed E-state index contributed by atoms with van der Waals surface area (Å²) >= 11 is 0. The molecule has 0 unspecified atom stereocenters. The van der Waals surface area contributed by atoms with Crippen molar-refractivity contribution >= 4 is 21.6 Å². The number of fused-ring (bicyclic) bond motifs is 1. The third-order valence-corrected chi connectivity index (χ3v) is 6.56. The summed E-state index contributed by atoms with van der Waals surface area (Å²) in [5.74, 6) is -1.01. The molecule has 3 aromatic rings. The minimum Gasteiger partial charge on any atom is -0.304 e. The molecular weight excluding hydrogens is 476 g/mol. The molecule has 2 aromatic heterocycles. The average molecular weight is 496 g/mol. The number of carbonyl (C=O) groups is 1. The third kappa shape index (κ3) is 4.53. The van der Waals surface area contributed by atoms with Crippen LogP contribution in [0.15, 0.2) is 45.9 Å². The van der Waals surface area contributed by atoms with Crippen molar-refractivity contribution < 1.29 is 26.6 Å². The Hall–Kier alpha value is -3.32. The second-order valence-corrected chi connectivity index (χ2v) is 9.29. The van der Waals surface area contributed by atoms with Gasteiger partial charge in [0.2, 0.25) is 5.03 Å². The van der Waals surface area contributed by atoms with Crippen LogP contribution in [0.4, 0.5) is 28.0 Å². The van der Waals surface area contributed by atoms with Gasteiger partial charge in [0.05, 0.1) is 11.9 Å². The second-order valence-electron chi connectivity index (χ2n) is 7.58. The maximum atomic E-state index is 14.2. The molecule has 2 amide bonds. The molecular formula is C21H20F4N6O2S. The number of hydrogen-bond donors (Lipinski definition) is 2. The van der Waals surface area contributed by atoms with E-state index in [1.54, 1.807) is 25.1 Å². The van der Waals surface area contributed by atoms with Gasteiger partial charge in [-0.3, -0.25) is 4.68 Å². The van der Waals surface area contributed by atoms with Gasteiger partial charge in [-0.2, -0.15) is 18.3 Å². The fourth-order valence-electron chi connectivity index (χ4n) is 3.85. The lowest BCUT2D eigenvalue weighted by atomic mass is 9.97. The molecule has 180 valence electrons. The number of alkyl halides is 3. The maximum Gasteiger partial charge on any atom is 0.434 e. The van der Waals surface area contributed by atoms with E-state index in [2.05, 4.69) is 19.8 Å². The Morgan fingerprint density at radius 1 is 1.26 bits per heavy atom. The van der Waals surface area contributed by atoms with Gasteiger partial charge in [-0.1, -0.05) is 30.3 Å². The standard InChI is InChI=1S/C21H20F4N6O2S/c1-2-31-11-14(22)19(29-31)34(26,33)30-20(32)28-17-13-9-6-10-15(13)27-18(21(23,24)25)16(17)12-7-4-3-5-8-12/h3-5,7-8,11H,2,6,9-10H2,1H3,(H3,26,27,28,30,32,33)/t34-/m0/s1. The number of nitrogens with zero attached hydrogens (tertiary/aromatic N) is 4. The molecule has 1 aliphatic rings. The molecule has 13 heteroatoms. The van der Waals surface area contributed by atoms with Crippen molar-refractivity contribution in [3.05, 3.63) is 59.3 Å². The predicted octanol–water partition coefficient (Wildman–Crippen LogP) is 4.54. The number of nitrogens with two attached hydrogens (primary N) is 1. The summed E-state index contributed by atoms with van der Waals surface area (Å²) in [6.45, 7) is 1.91. The minimum atomic E-state index is -4.81. The van der Waals surface area contributed by atoms with Crippen molar-refractivity contribution in [2.75, 3.05) is 5.32 Å². The molecule has 8 nitrogen and oxygen atoms in total. The summed E-state index contributed by atoms with van der Waals surface area (Å²) in [5, 5.41) is 11.0. The number of aryl methyl sites for hydroxylation is 2. The molecule has 0 saturated heterocycles. The van der Waals surface area contributed by atoms with Crippen molar-refractivity contribution in [1.82, 2.24) is 14.8 Å². The fraction of sp³-hybridized carbons (Fsp3) is 0.286. The molecule has 3 N–H and O–H groups in total. The third-order valence-electron chi connectivity index (χ3n) is 5.29. The number of urea groups is 1. The van der Waals surface area contributed by atoms with E-state index in [0.717, 1.165) is 10.9 Å². The number of carbonyl (C=O) groups excluding carboxylic acids is 1. The van der Waals surface area contributed by atoms with Crippen LogP contribution in [0.2, 0.25) is 0 Å². The second kappa shape index (κ2) is 8.80. The number of amides is 2. The molecule has 0 fully saturated rings. The predicted molar refractivity (Wildman–Crippen MR) is 117 cm³/mol. The highest BCUT2D eigenvalue weighted by molar-refractivity contribution is 7.91. The summed E-state index contributed by atoms with van der Waals surface area (Å²) < 4.78 is 73.4. The minimum absolute atomic E-state index is 0.135. The fourth-order valence-corrected chi connectivity index (χ4v) is 4.78. The van der Waals surface area contributed by atoms with Crippen LogP contribution in [-0.4, -0.2) is 25.0 Å². The van der Waals surface area contributed by atoms with Gasteiger partial charge in [0, 0.05) is 17.8 Å². The largest absolute Gasteiger partial charge is 0.434 e. The Labute approximate surface area is 192 Å². The van der Waals surface area contributed by atoms with E-state index in [1.165, 1.54) is 12.1 Å². The van der Waals surface area contributed by atoms with E-state index in [9.17, 15) is 26.6 Å². The zero-order chi connectivity index (χ0) is 24.7. The molecule has 1 aromatic carbocycles. The van der Waals surface area contributed by atoms with E-state index in [0.29, 0.717) is 24.8 Å². The Morgan fingerprint density at radius 2 is 1.97 bits per heavy atom. The lowest BCUT2D eigenvalue weighted by Crippen LogP contribution is -2.21. The van der Waals surface area contributed by atoms with E-state index in [4.69, 9.17) is 5.14 Å². The van der Waals surface area contributed by atoms with Gasteiger partial charge in [0.1, 0.15) is 0 Å². The van der Waals surface area contributed by atoms with E-state index in [-0.39, 0.29) is 29.1 Å². The van der Waals surface area contributed by atoms with Crippen molar-refractivity contribution in [3.63, 3.8) is 0 Å². The van der Waals surface area contributed by atoms with Gasteiger partial charge in [0.15, 0.2) is 21.4 Å². The van der Waals surface area contributed by atoms with Crippen LogP contribution in [0, 0.1) is 5.82 Å². The normalized spacial score (nSPS) is 15.0. The molecule has 0 aliphatic heterocycles. The molecule has 0 radical (unpaired) electrons. The van der Waals surface area contributed by atoms with E-state index >= 15 is 0 Å². The first-order chi connectivity index (χ1) is 16.0. The quantitative estimate of drug-likeness (QED) is 0.516. The number of halogens is 4. The van der Waals surface area contributed by atoms with Crippen LogP contribution in [-0.2, 0) is 35.5 Å². The lowest BCUT2D eigenvalue weighted by molar-refractivity contribution is -0.140. The highest BCUT2D eigenvalue weighted by Gasteiger charge is 2.39. The molecule has 4 rings (SSSR count). The average Bonchev–Trinajstić information content (AvgIpc) is 3.39. The van der Waals surface area contributed by atoms with Gasteiger partial charge in [-0.25, -0.2) is 23.5 Å². The molecule has 1 atom stereocenters. The summed E-state index contributed by atoms with van der Waals surface area (Å²) in [6.07, 6.45) is -2.62. The molecule has 0 spiro atoms. The Bertz CT molecular complexity index is 1380. The van der Waals surface area contributed by atoms with Crippen LogP contribution < -0.4 is 10.5 Å². The maximum absolute atomic E-state index is 14.2. The molecule has 1 aliphatic carbocycles. The number of hydrogen-bond acceptors (Lipinski definition) is 4. The molecule has 34 heavy (non-hydrogen) atoms. The monoisotopic (exact) mass is 496 g/mol. The molecule has 0 bridgehead atoms. The lowest BCUT2D eigenvalue weighted by Gasteiger charge is -2.20. The van der Waals surface area contributed by atoms with Gasteiger partial charge >= 0.3 is 12.2 Å². The van der Waals surface area contributed by atoms with Crippen LogP contribution in [0.25, 0.3) is 11.1 Å². The zero-order valence-electron chi connectivity index (χ0n) is 17.9. The first-order valence-electron chi connectivity index (χ1n) is 10.3. The van der Waals surface area contributed by atoms with Gasteiger partial charge < -0.3 is 5.32 Å². The van der Waals surface area contributed by atoms with E-state index < -0.39 is 38.7 Å². The number of pyridine rings is 1. The van der Waals surface area contributed by atoms with Gasteiger partial charge in [-0.05, 0) is 37.3 Å². The van der Waals surface area contributed by atoms with Gasteiger partial charge in [0.25, 0.3) is 0 Å². The number of aromatic nitrogens is 3. The van der Waals surface area contributed by atoms with Crippen LogP contribution in [0.1, 0.15) is 30.3 Å². The van der Waals surface area contributed by atoms with Crippen LogP contribution in [0.3, 0.4) is 0 Å². The van der Waals surface area contributed by atoms with Gasteiger partial charge in [-0.15, -0.1) is 4.36 Å².